The van der Waals surface area contributed by atoms with Crippen LogP contribution in [0.1, 0.15) is 5.56 Å². The molecule has 7 nitrogen and oxygen atoms in total. The number of anilines is 3. The van der Waals surface area contributed by atoms with E-state index in [9.17, 15) is 4.79 Å². The van der Waals surface area contributed by atoms with Crippen LogP contribution in [-0.4, -0.2) is 62.8 Å². The lowest BCUT2D eigenvalue weighted by atomic mass is 10.0. The van der Waals surface area contributed by atoms with Crippen LogP contribution in [0.25, 0.3) is 22.0 Å². The van der Waals surface area contributed by atoms with Gasteiger partial charge in [-0.25, -0.2) is 4.79 Å². The molecule has 2 aliphatic heterocycles. The van der Waals surface area contributed by atoms with Crippen molar-refractivity contribution in [3.05, 3.63) is 78.5 Å². The molecule has 1 saturated heterocycles. The van der Waals surface area contributed by atoms with Gasteiger partial charge in [-0.15, -0.1) is 0 Å². The number of amides is 2. The van der Waals surface area contributed by atoms with Gasteiger partial charge in [0.2, 0.25) is 0 Å². The molecule has 37 heavy (non-hydrogen) atoms. The van der Waals surface area contributed by atoms with Gasteiger partial charge in [0.25, 0.3) is 0 Å². The van der Waals surface area contributed by atoms with Crippen molar-refractivity contribution in [3.8, 4) is 16.9 Å². The summed E-state index contributed by atoms with van der Waals surface area (Å²) in [4.78, 5) is 24.8. The molecule has 3 heterocycles. The van der Waals surface area contributed by atoms with E-state index in [-0.39, 0.29) is 6.03 Å². The third kappa shape index (κ3) is 4.36. The summed E-state index contributed by atoms with van der Waals surface area (Å²) >= 11 is 0. The van der Waals surface area contributed by atoms with Crippen molar-refractivity contribution >= 4 is 34.0 Å². The molecule has 3 aromatic carbocycles. The minimum Gasteiger partial charge on any atom is -0.495 e. The molecule has 7 heteroatoms. The van der Waals surface area contributed by atoms with Gasteiger partial charge in [0.1, 0.15) is 5.75 Å². The van der Waals surface area contributed by atoms with Crippen LogP contribution in [0, 0.1) is 0 Å². The number of urea groups is 1. The Balaban J connectivity index is 1.31. The lowest BCUT2D eigenvalue weighted by Crippen LogP contribution is -2.44. The smallest absolute Gasteiger partial charge is 0.326 e. The molecule has 2 aliphatic rings. The Morgan fingerprint density at radius 2 is 1.73 bits per heavy atom. The van der Waals surface area contributed by atoms with Crippen LogP contribution < -0.4 is 19.9 Å². The molecule has 0 spiro atoms. The molecule has 2 amide bonds. The second kappa shape index (κ2) is 9.75. The minimum atomic E-state index is -0.133. The van der Waals surface area contributed by atoms with Gasteiger partial charge in [-0.05, 0) is 54.9 Å². The molecule has 6 rings (SSSR count). The molecule has 0 radical (unpaired) electrons. The van der Waals surface area contributed by atoms with Crippen molar-refractivity contribution < 1.29 is 9.53 Å². The Kier molecular flexibility index (Phi) is 6.14. The number of benzene rings is 3. The van der Waals surface area contributed by atoms with Crippen LogP contribution in [0.4, 0.5) is 21.9 Å². The number of nitrogens with zero attached hydrogens (tertiary/aromatic N) is 4. The Hall–Kier alpha value is -4.10. The van der Waals surface area contributed by atoms with E-state index in [1.54, 1.807) is 13.3 Å². The van der Waals surface area contributed by atoms with Crippen LogP contribution in [-0.2, 0) is 6.42 Å². The Morgan fingerprint density at radius 1 is 0.919 bits per heavy atom. The highest BCUT2D eigenvalue weighted by molar-refractivity contribution is 6.10. The number of ether oxygens (including phenoxy) is 1. The van der Waals surface area contributed by atoms with Crippen molar-refractivity contribution in [3.63, 3.8) is 0 Å². The first-order valence-corrected chi connectivity index (χ1v) is 12.8. The van der Waals surface area contributed by atoms with E-state index < -0.39 is 0 Å². The summed E-state index contributed by atoms with van der Waals surface area (Å²) in [6, 6.07) is 22.2. The lowest BCUT2D eigenvalue weighted by Gasteiger charge is -2.35. The Bertz CT molecular complexity index is 1450. The fraction of sp³-hybridized carbons (Fsp3) is 0.267. The number of fused-ring (bicyclic) bond motifs is 2. The fourth-order valence-corrected chi connectivity index (χ4v) is 5.39. The summed E-state index contributed by atoms with van der Waals surface area (Å²) in [5, 5.41) is 4.10. The van der Waals surface area contributed by atoms with E-state index in [1.807, 2.05) is 47.4 Å². The second-order valence-corrected chi connectivity index (χ2v) is 9.70. The predicted octanol–water partition coefficient (Wildman–Crippen LogP) is 5.26. The standard InChI is InChI=1S/C30H31N5O2/c1-33-15-17-34(18-16-33)27-20-26-22(19-28(27)37-2)12-14-35(26)30(36)32-25-11-10-23(21-7-4-3-5-8-21)29-24(25)9-6-13-31-29/h3-11,13,19-20H,12,14-18H2,1-2H3,(H,32,36). The summed E-state index contributed by atoms with van der Waals surface area (Å²) < 4.78 is 5.76. The summed E-state index contributed by atoms with van der Waals surface area (Å²) in [5.74, 6) is 0.874. The number of piperazine rings is 1. The number of methoxy groups -OCH3 is 1. The fourth-order valence-electron chi connectivity index (χ4n) is 5.39. The van der Waals surface area contributed by atoms with Crippen molar-refractivity contribution in [2.45, 2.75) is 6.42 Å². The maximum Gasteiger partial charge on any atom is 0.326 e. The van der Waals surface area contributed by atoms with Crippen molar-refractivity contribution in [1.82, 2.24) is 9.88 Å². The number of carbonyl (C=O) groups excluding carboxylic acids is 1. The molecule has 188 valence electrons. The van der Waals surface area contributed by atoms with Gasteiger partial charge in [-0.3, -0.25) is 9.88 Å². The van der Waals surface area contributed by atoms with Gasteiger partial charge in [0, 0.05) is 49.9 Å². The molecule has 0 aliphatic carbocycles. The predicted molar refractivity (Wildman–Crippen MR) is 150 cm³/mol. The maximum absolute atomic E-state index is 13.6. The number of aromatic nitrogens is 1. The van der Waals surface area contributed by atoms with E-state index >= 15 is 0 Å². The number of hydrogen-bond donors (Lipinski definition) is 1. The zero-order valence-electron chi connectivity index (χ0n) is 21.3. The molecule has 1 aromatic heterocycles. The van der Waals surface area contributed by atoms with E-state index in [4.69, 9.17) is 4.74 Å². The normalized spacial score (nSPS) is 15.6. The third-order valence-corrected chi connectivity index (χ3v) is 7.46. The summed E-state index contributed by atoms with van der Waals surface area (Å²) in [6.07, 6.45) is 2.60. The molecular weight excluding hydrogens is 462 g/mol. The van der Waals surface area contributed by atoms with Gasteiger partial charge in [0.15, 0.2) is 0 Å². The number of hydrogen-bond acceptors (Lipinski definition) is 5. The number of likely N-dealkylation sites (N-methyl/N-ethyl adjacent to an activating group) is 1. The lowest BCUT2D eigenvalue weighted by molar-refractivity contribution is 0.257. The van der Waals surface area contributed by atoms with Crippen LogP contribution in [0.2, 0.25) is 0 Å². The van der Waals surface area contributed by atoms with E-state index in [2.05, 4.69) is 51.4 Å². The quantitative estimate of drug-likeness (QED) is 0.420. The number of carbonyl (C=O) groups is 1. The van der Waals surface area contributed by atoms with Crippen molar-refractivity contribution in [1.29, 1.82) is 0 Å². The van der Waals surface area contributed by atoms with Gasteiger partial charge in [0.05, 0.1) is 29.7 Å². The van der Waals surface area contributed by atoms with Crippen LogP contribution in [0.15, 0.2) is 72.9 Å². The van der Waals surface area contributed by atoms with Crippen molar-refractivity contribution in [2.75, 3.05) is 62.0 Å². The van der Waals surface area contributed by atoms with Gasteiger partial charge in [-0.1, -0.05) is 36.4 Å². The Labute approximate surface area is 217 Å². The summed E-state index contributed by atoms with van der Waals surface area (Å²) in [7, 11) is 3.87. The first-order valence-electron chi connectivity index (χ1n) is 12.8. The molecule has 0 bridgehead atoms. The zero-order valence-corrected chi connectivity index (χ0v) is 21.3. The molecule has 0 saturated carbocycles. The van der Waals surface area contributed by atoms with Crippen LogP contribution in [0.5, 0.6) is 5.75 Å². The maximum atomic E-state index is 13.6. The first-order chi connectivity index (χ1) is 18.1. The molecule has 4 aromatic rings. The highest BCUT2D eigenvalue weighted by Gasteiger charge is 2.29. The molecular formula is C30H31N5O2. The van der Waals surface area contributed by atoms with Gasteiger partial charge in [-0.2, -0.15) is 0 Å². The van der Waals surface area contributed by atoms with Crippen LogP contribution >= 0.6 is 0 Å². The average Bonchev–Trinajstić information content (AvgIpc) is 3.36. The molecule has 0 atom stereocenters. The molecule has 1 N–H and O–H groups in total. The third-order valence-electron chi connectivity index (χ3n) is 7.46. The van der Waals surface area contributed by atoms with E-state index in [0.29, 0.717) is 6.54 Å². The first kappa shape index (κ1) is 23.3. The number of rotatable bonds is 4. The number of pyridine rings is 1. The largest absolute Gasteiger partial charge is 0.495 e. The van der Waals surface area contributed by atoms with E-state index in [0.717, 1.165) is 83.0 Å². The summed E-state index contributed by atoms with van der Waals surface area (Å²) in [5.41, 5.74) is 6.92. The monoisotopic (exact) mass is 493 g/mol. The second-order valence-electron chi connectivity index (χ2n) is 9.70. The highest BCUT2D eigenvalue weighted by Crippen LogP contribution is 2.40. The van der Waals surface area contributed by atoms with Gasteiger partial charge >= 0.3 is 6.03 Å². The summed E-state index contributed by atoms with van der Waals surface area (Å²) in [6.45, 7) is 4.51. The highest BCUT2D eigenvalue weighted by atomic mass is 16.5. The number of nitrogens with one attached hydrogen (secondary N) is 1. The SMILES string of the molecule is COc1cc2c(cc1N1CCN(C)CC1)N(C(=O)Nc1ccc(-c3ccccc3)c3ncccc13)CC2. The van der Waals surface area contributed by atoms with Crippen molar-refractivity contribution in [2.24, 2.45) is 0 Å². The van der Waals surface area contributed by atoms with E-state index in [1.165, 1.54) is 0 Å². The molecule has 0 unspecified atom stereocenters. The Morgan fingerprint density at radius 3 is 2.51 bits per heavy atom. The average molecular weight is 494 g/mol. The zero-order chi connectivity index (χ0) is 25.4. The van der Waals surface area contributed by atoms with Crippen LogP contribution in [0.3, 0.4) is 0 Å². The molecule has 1 fully saturated rings. The minimum absolute atomic E-state index is 0.133. The topological polar surface area (TPSA) is 60.9 Å². The van der Waals surface area contributed by atoms with Gasteiger partial charge < -0.3 is 19.9 Å².